The number of fused-ring (bicyclic) bond motifs is 1. The highest BCUT2D eigenvalue weighted by Crippen LogP contribution is 2.07. The van der Waals surface area contributed by atoms with Crippen LogP contribution in [0.15, 0.2) is 4.79 Å². The second kappa shape index (κ2) is 2.66. The van der Waals surface area contributed by atoms with Crippen LogP contribution in [-0.4, -0.2) is 25.8 Å². The predicted octanol–water partition coefficient (Wildman–Crippen LogP) is -0.949. The van der Waals surface area contributed by atoms with E-state index in [9.17, 15) is 9.59 Å². The van der Waals surface area contributed by atoms with Crippen LogP contribution in [0.1, 0.15) is 10.6 Å². The van der Waals surface area contributed by atoms with Gasteiger partial charge in [0.1, 0.15) is 0 Å². The zero-order valence-corrected chi connectivity index (χ0v) is 7.31. The summed E-state index contributed by atoms with van der Waals surface area (Å²) in [5.41, 5.74) is 5.31. The van der Waals surface area contributed by atoms with Gasteiger partial charge < -0.3 is 10.3 Å². The summed E-state index contributed by atoms with van der Waals surface area (Å²) < 4.78 is 1.41. The fraction of sp³-hybridized carbons (Fsp3) is 0.143. The van der Waals surface area contributed by atoms with Crippen molar-refractivity contribution < 1.29 is 4.79 Å². The number of anilines is 1. The molecule has 0 aliphatic rings. The molecule has 0 unspecified atom stereocenters. The van der Waals surface area contributed by atoms with Crippen molar-refractivity contribution >= 4 is 23.4 Å². The quantitative estimate of drug-likeness (QED) is 0.568. The summed E-state index contributed by atoms with van der Waals surface area (Å²) in [6.07, 6.45) is 0.553. The number of aromatic nitrogens is 4. The van der Waals surface area contributed by atoms with Gasteiger partial charge in [-0.15, -0.1) is 0 Å². The maximum absolute atomic E-state index is 11.3. The summed E-state index contributed by atoms with van der Waals surface area (Å²) in [7, 11) is 1.59. The van der Waals surface area contributed by atoms with Crippen LogP contribution < -0.4 is 11.3 Å². The van der Waals surface area contributed by atoms with Crippen molar-refractivity contribution in [2.24, 2.45) is 7.05 Å². The number of aryl methyl sites for hydroxylation is 1. The third-order valence-electron chi connectivity index (χ3n) is 1.89. The Bertz CT molecular complexity index is 567. The van der Waals surface area contributed by atoms with Gasteiger partial charge in [-0.25, -0.2) is 4.98 Å². The van der Waals surface area contributed by atoms with Gasteiger partial charge in [-0.05, 0) is 0 Å². The summed E-state index contributed by atoms with van der Waals surface area (Å²) in [5.74, 6) is 0.145. The molecule has 3 N–H and O–H groups in total. The normalized spacial score (nSPS) is 10.6. The van der Waals surface area contributed by atoms with Gasteiger partial charge in [0.05, 0.1) is 0 Å². The van der Waals surface area contributed by atoms with E-state index in [1.54, 1.807) is 7.05 Å². The molecule has 0 atom stereocenters. The number of nitrogens with two attached hydrogens (primary N) is 1. The van der Waals surface area contributed by atoms with Gasteiger partial charge in [-0.2, -0.15) is 4.98 Å². The molecule has 2 heterocycles. The summed E-state index contributed by atoms with van der Waals surface area (Å²) in [6, 6.07) is 0. The number of carbonyl (C=O) groups is 1. The first-order chi connectivity index (χ1) is 6.63. The van der Waals surface area contributed by atoms with Crippen molar-refractivity contribution in [1.29, 1.82) is 0 Å². The van der Waals surface area contributed by atoms with Gasteiger partial charge in [0.15, 0.2) is 23.3 Å². The number of hydrogen-bond acceptors (Lipinski definition) is 5. The molecule has 7 nitrogen and oxygen atoms in total. The van der Waals surface area contributed by atoms with Crippen molar-refractivity contribution in [3.8, 4) is 0 Å². The molecule has 72 valence electrons. The van der Waals surface area contributed by atoms with Crippen molar-refractivity contribution in [3.63, 3.8) is 0 Å². The average molecular weight is 193 g/mol. The highest BCUT2D eigenvalue weighted by molar-refractivity contribution is 5.80. The number of aldehydes is 1. The van der Waals surface area contributed by atoms with Gasteiger partial charge in [0.25, 0.3) is 5.56 Å². The highest BCUT2D eigenvalue weighted by atomic mass is 16.1. The zero-order chi connectivity index (χ0) is 10.3. The number of aromatic amines is 1. The van der Waals surface area contributed by atoms with E-state index in [0.717, 1.165) is 0 Å². The predicted molar refractivity (Wildman–Crippen MR) is 48.9 cm³/mol. The Labute approximate surface area is 77.6 Å². The van der Waals surface area contributed by atoms with Crippen LogP contribution in [0.3, 0.4) is 0 Å². The van der Waals surface area contributed by atoms with Crippen molar-refractivity contribution in [3.05, 3.63) is 16.2 Å². The molecular weight excluding hydrogens is 186 g/mol. The number of hydrogen-bond donors (Lipinski definition) is 2. The van der Waals surface area contributed by atoms with Crippen LogP contribution in [0.2, 0.25) is 0 Å². The first-order valence-electron chi connectivity index (χ1n) is 3.81. The Hall–Kier alpha value is -2.18. The van der Waals surface area contributed by atoms with Crippen LogP contribution in [0.4, 0.5) is 5.95 Å². The van der Waals surface area contributed by atoms with Crippen LogP contribution >= 0.6 is 0 Å². The smallest absolute Gasteiger partial charge is 0.280 e. The molecule has 14 heavy (non-hydrogen) atoms. The van der Waals surface area contributed by atoms with Gasteiger partial charge in [0, 0.05) is 7.05 Å². The Morgan fingerprint density at radius 1 is 1.50 bits per heavy atom. The van der Waals surface area contributed by atoms with Crippen LogP contribution in [0.25, 0.3) is 11.2 Å². The number of nitrogens with one attached hydrogen (secondary N) is 1. The van der Waals surface area contributed by atoms with E-state index in [2.05, 4.69) is 15.0 Å². The van der Waals surface area contributed by atoms with Crippen LogP contribution in [0, 0.1) is 0 Å². The van der Waals surface area contributed by atoms with Gasteiger partial charge in [-0.3, -0.25) is 14.6 Å². The zero-order valence-electron chi connectivity index (χ0n) is 7.31. The minimum Gasteiger partial charge on any atom is -0.369 e. The number of nitrogens with zero attached hydrogens (tertiary/aromatic N) is 3. The number of H-pyrrole nitrogens is 1. The number of rotatable bonds is 1. The van der Waals surface area contributed by atoms with E-state index in [1.165, 1.54) is 4.57 Å². The van der Waals surface area contributed by atoms with E-state index < -0.39 is 5.56 Å². The summed E-state index contributed by atoms with van der Waals surface area (Å²) >= 11 is 0. The lowest BCUT2D eigenvalue weighted by Crippen LogP contribution is -2.11. The first-order valence-corrected chi connectivity index (χ1v) is 3.81. The third kappa shape index (κ3) is 0.987. The molecule has 0 radical (unpaired) electrons. The largest absolute Gasteiger partial charge is 0.369 e. The standard InChI is InChI=1S/C7H7N5O2/c1-12-3(2-13)9-4-5(12)10-7(8)11-6(4)14/h2H,1H3,(H3,8,10,11,14). The second-order valence-electron chi connectivity index (χ2n) is 2.77. The Balaban J connectivity index is 2.99. The molecule has 2 aromatic rings. The number of nitrogen functional groups attached to an aromatic ring is 1. The lowest BCUT2D eigenvalue weighted by atomic mass is 10.5. The fourth-order valence-corrected chi connectivity index (χ4v) is 1.21. The Morgan fingerprint density at radius 2 is 2.21 bits per heavy atom. The Morgan fingerprint density at radius 3 is 2.86 bits per heavy atom. The summed E-state index contributed by atoms with van der Waals surface area (Å²) in [6.45, 7) is 0. The molecule has 0 aromatic carbocycles. The lowest BCUT2D eigenvalue weighted by molar-refractivity contribution is 0.111. The molecule has 0 spiro atoms. The topological polar surface area (TPSA) is 107 Å². The second-order valence-corrected chi connectivity index (χ2v) is 2.77. The molecular formula is C7H7N5O2. The number of imidazole rings is 1. The third-order valence-corrected chi connectivity index (χ3v) is 1.89. The summed E-state index contributed by atoms with van der Waals surface area (Å²) in [5, 5.41) is 0. The summed E-state index contributed by atoms with van der Waals surface area (Å²) in [4.78, 5) is 31.8. The maximum atomic E-state index is 11.3. The molecule has 2 rings (SSSR count). The monoisotopic (exact) mass is 193 g/mol. The molecule has 7 heteroatoms. The minimum atomic E-state index is -0.448. The molecule has 0 fully saturated rings. The molecule has 0 aliphatic heterocycles. The van der Waals surface area contributed by atoms with Gasteiger partial charge >= 0.3 is 0 Å². The van der Waals surface area contributed by atoms with Crippen LogP contribution in [-0.2, 0) is 7.05 Å². The van der Waals surface area contributed by atoms with Crippen LogP contribution in [0.5, 0.6) is 0 Å². The molecule has 0 saturated heterocycles. The lowest BCUT2D eigenvalue weighted by Gasteiger charge is -1.95. The molecule has 2 aromatic heterocycles. The van der Waals surface area contributed by atoms with Crippen molar-refractivity contribution in [1.82, 2.24) is 19.5 Å². The highest BCUT2D eigenvalue weighted by Gasteiger charge is 2.11. The maximum Gasteiger partial charge on any atom is 0.280 e. The molecule has 0 bridgehead atoms. The minimum absolute atomic E-state index is 0.00273. The number of carbonyl (C=O) groups excluding carboxylic acids is 1. The van der Waals surface area contributed by atoms with E-state index in [4.69, 9.17) is 5.73 Å². The van der Waals surface area contributed by atoms with E-state index in [-0.39, 0.29) is 17.3 Å². The molecule has 0 amide bonds. The average Bonchev–Trinajstić information content (AvgIpc) is 2.44. The first kappa shape index (κ1) is 8.42. The Kier molecular flexibility index (Phi) is 1.60. The van der Waals surface area contributed by atoms with Gasteiger partial charge in [-0.1, -0.05) is 0 Å². The van der Waals surface area contributed by atoms with Crippen molar-refractivity contribution in [2.75, 3.05) is 5.73 Å². The van der Waals surface area contributed by atoms with Gasteiger partial charge in [0.2, 0.25) is 5.95 Å². The van der Waals surface area contributed by atoms with E-state index in [1.807, 2.05) is 0 Å². The van der Waals surface area contributed by atoms with E-state index in [0.29, 0.717) is 11.9 Å². The SMILES string of the molecule is Cn1c(C=O)nc2c(=O)[nH]c(N)nc21. The van der Waals surface area contributed by atoms with Crippen molar-refractivity contribution in [2.45, 2.75) is 0 Å². The molecule has 0 aliphatic carbocycles. The van der Waals surface area contributed by atoms with E-state index >= 15 is 0 Å². The fourth-order valence-electron chi connectivity index (χ4n) is 1.21. The molecule has 0 saturated carbocycles.